The van der Waals surface area contributed by atoms with Crippen molar-refractivity contribution in [3.63, 3.8) is 0 Å². The van der Waals surface area contributed by atoms with Crippen LogP contribution < -0.4 is 16.0 Å². The van der Waals surface area contributed by atoms with Crippen LogP contribution in [0.15, 0.2) is 24.5 Å². The number of hydrogen-bond acceptors (Lipinski definition) is 6. The first-order valence-corrected chi connectivity index (χ1v) is 9.79. The maximum Gasteiger partial charge on any atom is 0.412 e. The van der Waals surface area contributed by atoms with Crippen LogP contribution in [-0.2, 0) is 4.79 Å². The molecule has 2 unspecified atom stereocenters. The Balaban J connectivity index is 1.62. The SMILES string of the molecule is N#Cc1ccc(N2CC(NC(=O)[C@@H](N)C(F)(F)F)CC(C3CC3)C2)c2nccnc12. The molecule has 7 nitrogen and oxygen atoms in total. The van der Waals surface area contributed by atoms with Gasteiger partial charge in [-0.25, -0.2) is 0 Å². The number of anilines is 1. The number of alkyl halides is 3. The highest BCUT2D eigenvalue weighted by molar-refractivity contribution is 5.92. The van der Waals surface area contributed by atoms with Crippen LogP contribution in [0.2, 0.25) is 0 Å². The Morgan fingerprint density at radius 1 is 1.20 bits per heavy atom. The molecule has 0 radical (unpaired) electrons. The molecule has 0 spiro atoms. The number of benzene rings is 1. The Kier molecular flexibility index (Phi) is 5.24. The number of nitrogens with two attached hydrogens (primary N) is 1. The summed E-state index contributed by atoms with van der Waals surface area (Å²) in [7, 11) is 0. The summed E-state index contributed by atoms with van der Waals surface area (Å²) in [4.78, 5) is 22.7. The average Bonchev–Trinajstić information content (AvgIpc) is 3.57. The molecule has 1 saturated heterocycles. The maximum absolute atomic E-state index is 12.8. The van der Waals surface area contributed by atoms with E-state index in [2.05, 4.69) is 21.4 Å². The van der Waals surface area contributed by atoms with Crippen LogP contribution in [0.25, 0.3) is 11.0 Å². The largest absolute Gasteiger partial charge is 0.412 e. The van der Waals surface area contributed by atoms with Crippen LogP contribution in [0.1, 0.15) is 24.8 Å². The van der Waals surface area contributed by atoms with Crippen LogP contribution in [-0.4, -0.2) is 47.2 Å². The lowest BCUT2D eigenvalue weighted by atomic mass is 9.89. The minimum Gasteiger partial charge on any atom is -0.367 e. The van der Waals surface area contributed by atoms with E-state index in [-0.39, 0.29) is 5.92 Å². The number of nitrogens with one attached hydrogen (secondary N) is 1. The summed E-state index contributed by atoms with van der Waals surface area (Å²) < 4.78 is 38.5. The van der Waals surface area contributed by atoms with Crippen molar-refractivity contribution >= 4 is 22.6 Å². The third kappa shape index (κ3) is 4.03. The molecule has 4 rings (SSSR count). The smallest absolute Gasteiger partial charge is 0.367 e. The molecule has 2 aliphatic rings. The maximum atomic E-state index is 12.8. The van der Waals surface area contributed by atoms with Crippen LogP contribution >= 0.6 is 0 Å². The highest BCUT2D eigenvalue weighted by Crippen LogP contribution is 2.42. The molecule has 0 bridgehead atoms. The molecule has 1 aliphatic heterocycles. The number of fused-ring (bicyclic) bond motifs is 1. The van der Waals surface area contributed by atoms with Gasteiger partial charge in [0.25, 0.3) is 0 Å². The first-order chi connectivity index (χ1) is 14.3. The molecular weight excluding hydrogens is 397 g/mol. The molecule has 1 aliphatic carbocycles. The predicted octanol–water partition coefficient (Wildman–Crippen LogP) is 2.11. The Morgan fingerprint density at radius 3 is 2.53 bits per heavy atom. The van der Waals surface area contributed by atoms with Crippen molar-refractivity contribution in [2.45, 2.75) is 37.5 Å². The van der Waals surface area contributed by atoms with Gasteiger partial charge in [0, 0.05) is 31.5 Å². The monoisotopic (exact) mass is 418 g/mol. The summed E-state index contributed by atoms with van der Waals surface area (Å²) in [6.45, 7) is 1.04. The first-order valence-electron chi connectivity index (χ1n) is 9.79. The summed E-state index contributed by atoms with van der Waals surface area (Å²) in [5.74, 6) is -0.471. The van der Waals surface area contributed by atoms with Crippen molar-refractivity contribution in [3.05, 3.63) is 30.1 Å². The number of carbonyl (C=O) groups excluding carboxylic acids is 1. The molecule has 2 heterocycles. The molecule has 1 aromatic heterocycles. The fourth-order valence-corrected chi connectivity index (χ4v) is 4.18. The number of nitriles is 1. The number of amides is 1. The lowest BCUT2D eigenvalue weighted by molar-refractivity contribution is -0.163. The molecular formula is C20H21F3N6O. The van der Waals surface area contributed by atoms with Crippen molar-refractivity contribution in [2.24, 2.45) is 17.6 Å². The van der Waals surface area contributed by atoms with Gasteiger partial charge in [-0.1, -0.05) is 0 Å². The van der Waals surface area contributed by atoms with Gasteiger partial charge in [-0.3, -0.25) is 14.8 Å². The predicted molar refractivity (Wildman–Crippen MR) is 103 cm³/mol. The standard InChI is InChI=1S/C20H21F3N6O/c21-20(22,23)18(25)19(30)28-14-7-13(11-1-2-11)9-29(10-14)15-4-3-12(8-24)16-17(15)27-6-5-26-16/h3-6,11,13-14,18H,1-2,7,9-10,25H2,(H,28,30)/t13?,14?,18-/m1/s1. The van der Waals surface area contributed by atoms with Gasteiger partial charge < -0.3 is 16.0 Å². The number of halogens is 3. The van der Waals surface area contributed by atoms with Crippen molar-refractivity contribution in [3.8, 4) is 6.07 Å². The van der Waals surface area contributed by atoms with Gasteiger partial charge in [0.2, 0.25) is 5.91 Å². The normalized spacial score (nSPS) is 23.1. The molecule has 10 heteroatoms. The summed E-state index contributed by atoms with van der Waals surface area (Å²) in [5.41, 5.74) is 7.26. The highest BCUT2D eigenvalue weighted by atomic mass is 19.4. The third-order valence-electron chi connectivity index (χ3n) is 5.82. The third-order valence-corrected chi connectivity index (χ3v) is 5.82. The van der Waals surface area contributed by atoms with Crippen LogP contribution in [0.3, 0.4) is 0 Å². The average molecular weight is 418 g/mol. The molecule has 30 heavy (non-hydrogen) atoms. The van der Waals surface area contributed by atoms with E-state index in [1.165, 1.54) is 12.4 Å². The number of carbonyl (C=O) groups is 1. The summed E-state index contributed by atoms with van der Waals surface area (Å²) in [5, 5.41) is 11.8. The second kappa shape index (κ2) is 7.72. The number of rotatable bonds is 4. The van der Waals surface area contributed by atoms with Crippen molar-refractivity contribution in [2.75, 3.05) is 18.0 Å². The van der Waals surface area contributed by atoms with Gasteiger partial charge in [-0.2, -0.15) is 18.4 Å². The lowest BCUT2D eigenvalue weighted by Gasteiger charge is -2.40. The number of aromatic nitrogens is 2. The molecule has 2 aromatic rings. The van der Waals surface area contributed by atoms with Crippen molar-refractivity contribution in [1.29, 1.82) is 5.26 Å². The number of hydrogen-bond donors (Lipinski definition) is 2. The van der Waals surface area contributed by atoms with Crippen molar-refractivity contribution < 1.29 is 18.0 Å². The van der Waals surface area contributed by atoms with E-state index in [1.54, 1.807) is 12.1 Å². The minimum absolute atomic E-state index is 0.244. The summed E-state index contributed by atoms with van der Waals surface area (Å²) in [6, 6.07) is 2.54. The zero-order valence-electron chi connectivity index (χ0n) is 16.1. The molecule has 1 aromatic carbocycles. The van der Waals surface area contributed by atoms with E-state index < -0.39 is 24.2 Å². The van der Waals surface area contributed by atoms with E-state index in [0.717, 1.165) is 18.5 Å². The van der Waals surface area contributed by atoms with Crippen LogP contribution in [0.4, 0.5) is 18.9 Å². The highest BCUT2D eigenvalue weighted by Gasteiger charge is 2.44. The fourth-order valence-electron chi connectivity index (χ4n) is 4.18. The minimum atomic E-state index is -4.78. The topological polar surface area (TPSA) is 108 Å². The molecule has 1 saturated carbocycles. The van der Waals surface area contributed by atoms with E-state index in [0.29, 0.717) is 42.0 Å². The molecule has 2 fully saturated rings. The van der Waals surface area contributed by atoms with Gasteiger partial charge in [0.05, 0.1) is 11.3 Å². The van der Waals surface area contributed by atoms with Gasteiger partial charge in [0.1, 0.15) is 17.1 Å². The van der Waals surface area contributed by atoms with E-state index in [4.69, 9.17) is 5.73 Å². The summed E-state index contributed by atoms with van der Waals surface area (Å²) >= 11 is 0. The summed E-state index contributed by atoms with van der Waals surface area (Å²) in [6.07, 6.45) is 1.03. The Morgan fingerprint density at radius 2 is 1.90 bits per heavy atom. The second-order valence-electron chi connectivity index (χ2n) is 7.96. The molecule has 3 N–H and O–H groups in total. The zero-order chi connectivity index (χ0) is 21.5. The lowest BCUT2D eigenvalue weighted by Crippen LogP contribution is -2.57. The Labute approximate surface area is 171 Å². The van der Waals surface area contributed by atoms with E-state index in [9.17, 15) is 23.2 Å². The fraction of sp³-hybridized carbons (Fsp3) is 0.500. The second-order valence-corrected chi connectivity index (χ2v) is 7.96. The quantitative estimate of drug-likeness (QED) is 0.788. The number of piperidine rings is 1. The Hall–Kier alpha value is -2.93. The van der Waals surface area contributed by atoms with E-state index >= 15 is 0 Å². The first kappa shape index (κ1) is 20.3. The van der Waals surface area contributed by atoms with Crippen molar-refractivity contribution in [1.82, 2.24) is 15.3 Å². The van der Waals surface area contributed by atoms with Gasteiger partial charge in [0.15, 0.2) is 6.04 Å². The Bertz CT molecular complexity index is 1000. The van der Waals surface area contributed by atoms with Crippen LogP contribution in [0, 0.1) is 23.2 Å². The zero-order valence-corrected chi connectivity index (χ0v) is 16.1. The van der Waals surface area contributed by atoms with E-state index in [1.807, 2.05) is 4.90 Å². The van der Waals surface area contributed by atoms with Gasteiger partial charge in [-0.05, 0) is 43.2 Å². The van der Waals surface area contributed by atoms with Crippen LogP contribution in [0.5, 0.6) is 0 Å². The van der Waals surface area contributed by atoms with Gasteiger partial charge in [-0.15, -0.1) is 0 Å². The molecule has 1 amide bonds. The molecule has 158 valence electrons. The number of nitrogens with zero attached hydrogens (tertiary/aromatic N) is 4. The van der Waals surface area contributed by atoms with Gasteiger partial charge >= 0.3 is 6.18 Å². The molecule has 3 atom stereocenters.